The van der Waals surface area contributed by atoms with Crippen LogP contribution in [0.15, 0.2) is 52.5 Å². The van der Waals surface area contributed by atoms with Gasteiger partial charge in [-0.15, -0.1) is 0 Å². The van der Waals surface area contributed by atoms with Crippen LogP contribution in [0.5, 0.6) is 0 Å². The van der Waals surface area contributed by atoms with Gasteiger partial charge in [-0.2, -0.15) is 5.10 Å². The number of rotatable bonds is 4. The van der Waals surface area contributed by atoms with Crippen molar-refractivity contribution >= 4 is 22.2 Å². The van der Waals surface area contributed by atoms with Gasteiger partial charge in [-0.25, -0.2) is 8.42 Å². The highest BCUT2D eigenvalue weighted by Gasteiger charge is 2.09. The molecular weight excluding hydrogens is 284 g/mol. The Morgan fingerprint density at radius 1 is 1.10 bits per heavy atom. The standard InChI is InChI=1S/C16H18N2O2S/c1-12-10-14(8-9-16(12)18(3)17-2)13-6-5-7-15(11-13)21(4,19)20/h5-11H,2H2,1,3-4H3. The fourth-order valence-electron chi connectivity index (χ4n) is 2.18. The smallest absolute Gasteiger partial charge is 0.175 e. The number of benzene rings is 2. The molecule has 2 aromatic rings. The fourth-order valence-corrected chi connectivity index (χ4v) is 2.85. The molecule has 0 aromatic heterocycles. The number of aryl methyl sites for hydroxylation is 1. The maximum absolute atomic E-state index is 11.6. The van der Waals surface area contributed by atoms with Gasteiger partial charge in [-0.1, -0.05) is 18.2 Å². The van der Waals surface area contributed by atoms with E-state index in [9.17, 15) is 8.42 Å². The molecule has 21 heavy (non-hydrogen) atoms. The highest BCUT2D eigenvalue weighted by atomic mass is 32.2. The minimum absolute atomic E-state index is 0.326. The molecule has 0 aliphatic rings. The Morgan fingerprint density at radius 3 is 2.33 bits per heavy atom. The van der Waals surface area contributed by atoms with Crippen molar-refractivity contribution in [1.82, 2.24) is 0 Å². The Kier molecular flexibility index (Phi) is 4.14. The van der Waals surface area contributed by atoms with Crippen LogP contribution in [0.2, 0.25) is 0 Å². The zero-order valence-corrected chi connectivity index (χ0v) is 13.2. The number of sulfone groups is 1. The lowest BCUT2D eigenvalue weighted by atomic mass is 10.0. The van der Waals surface area contributed by atoms with E-state index in [1.807, 2.05) is 38.2 Å². The molecule has 0 heterocycles. The highest BCUT2D eigenvalue weighted by molar-refractivity contribution is 7.90. The quantitative estimate of drug-likeness (QED) is 0.644. The first-order valence-corrected chi connectivity index (χ1v) is 8.33. The van der Waals surface area contributed by atoms with Crippen molar-refractivity contribution in [3.8, 4) is 11.1 Å². The molecule has 0 N–H and O–H groups in total. The van der Waals surface area contributed by atoms with E-state index >= 15 is 0 Å². The van der Waals surface area contributed by atoms with Crippen LogP contribution >= 0.6 is 0 Å². The van der Waals surface area contributed by atoms with Crippen molar-refractivity contribution in [2.45, 2.75) is 11.8 Å². The molecule has 0 radical (unpaired) electrons. The Labute approximate surface area is 125 Å². The normalized spacial score (nSPS) is 11.2. The third-order valence-electron chi connectivity index (χ3n) is 3.35. The van der Waals surface area contributed by atoms with E-state index in [0.29, 0.717) is 4.90 Å². The van der Waals surface area contributed by atoms with E-state index in [4.69, 9.17) is 0 Å². The third-order valence-corrected chi connectivity index (χ3v) is 4.46. The molecule has 0 aliphatic carbocycles. The molecule has 110 valence electrons. The van der Waals surface area contributed by atoms with Crippen LogP contribution < -0.4 is 5.01 Å². The summed E-state index contributed by atoms with van der Waals surface area (Å²) < 4.78 is 23.3. The van der Waals surface area contributed by atoms with E-state index in [-0.39, 0.29) is 0 Å². The van der Waals surface area contributed by atoms with E-state index < -0.39 is 9.84 Å². The second kappa shape index (κ2) is 5.69. The highest BCUT2D eigenvalue weighted by Crippen LogP contribution is 2.28. The van der Waals surface area contributed by atoms with Gasteiger partial charge in [0.05, 0.1) is 10.6 Å². The first kappa shape index (κ1) is 15.3. The van der Waals surface area contributed by atoms with E-state index in [0.717, 1.165) is 22.4 Å². The lowest BCUT2D eigenvalue weighted by molar-refractivity contribution is 0.602. The van der Waals surface area contributed by atoms with Gasteiger partial charge in [0, 0.05) is 20.0 Å². The Balaban J connectivity index is 2.49. The first-order valence-electron chi connectivity index (χ1n) is 6.44. The molecule has 0 bridgehead atoms. The van der Waals surface area contributed by atoms with Crippen LogP contribution in [0.3, 0.4) is 0 Å². The number of hydrazone groups is 1. The monoisotopic (exact) mass is 302 g/mol. The average Bonchev–Trinajstić information content (AvgIpc) is 2.45. The van der Waals surface area contributed by atoms with Crippen molar-refractivity contribution in [1.29, 1.82) is 0 Å². The van der Waals surface area contributed by atoms with Crippen LogP contribution in [0.25, 0.3) is 11.1 Å². The largest absolute Gasteiger partial charge is 0.269 e. The van der Waals surface area contributed by atoms with Crippen molar-refractivity contribution in [2.75, 3.05) is 18.3 Å². The summed E-state index contributed by atoms with van der Waals surface area (Å²) in [6, 6.07) is 12.9. The SMILES string of the molecule is C=NN(C)c1ccc(-c2cccc(S(C)(=O)=O)c2)cc1C. The Morgan fingerprint density at radius 2 is 1.76 bits per heavy atom. The van der Waals surface area contributed by atoms with Crippen LogP contribution in [0.4, 0.5) is 5.69 Å². The van der Waals surface area contributed by atoms with Crippen LogP contribution in [0, 0.1) is 6.92 Å². The second-order valence-corrected chi connectivity index (χ2v) is 6.98. The summed E-state index contributed by atoms with van der Waals surface area (Å²) >= 11 is 0. The zero-order valence-electron chi connectivity index (χ0n) is 12.4. The maximum Gasteiger partial charge on any atom is 0.175 e. The number of anilines is 1. The topological polar surface area (TPSA) is 49.7 Å². The van der Waals surface area contributed by atoms with Crippen molar-refractivity contribution in [2.24, 2.45) is 5.10 Å². The summed E-state index contributed by atoms with van der Waals surface area (Å²) in [6.07, 6.45) is 1.21. The molecule has 0 saturated heterocycles. The van der Waals surface area contributed by atoms with Gasteiger partial charge in [0.1, 0.15) is 0 Å². The molecule has 4 nitrogen and oxygen atoms in total. The summed E-state index contributed by atoms with van der Waals surface area (Å²) in [5.41, 5.74) is 3.86. The summed E-state index contributed by atoms with van der Waals surface area (Å²) in [6.45, 7) is 5.49. The molecular formula is C16H18N2O2S. The molecule has 0 fully saturated rings. The van der Waals surface area contributed by atoms with Gasteiger partial charge in [-0.05, 0) is 47.9 Å². The molecule has 0 unspecified atom stereocenters. The summed E-state index contributed by atoms with van der Waals surface area (Å²) in [5.74, 6) is 0. The van der Waals surface area contributed by atoms with Gasteiger partial charge in [0.15, 0.2) is 9.84 Å². The molecule has 2 rings (SSSR count). The van der Waals surface area contributed by atoms with Gasteiger partial charge in [0.2, 0.25) is 0 Å². The number of hydrogen-bond acceptors (Lipinski definition) is 4. The molecule has 0 spiro atoms. The Bertz CT molecular complexity index is 783. The second-order valence-electron chi connectivity index (χ2n) is 4.97. The van der Waals surface area contributed by atoms with E-state index in [1.54, 1.807) is 23.2 Å². The minimum Gasteiger partial charge on any atom is -0.269 e. The van der Waals surface area contributed by atoms with Crippen LogP contribution in [-0.4, -0.2) is 28.4 Å². The number of nitrogens with zero attached hydrogens (tertiary/aromatic N) is 2. The summed E-state index contributed by atoms with van der Waals surface area (Å²) in [5, 5.41) is 5.57. The first-order chi connectivity index (χ1) is 9.82. The lowest BCUT2D eigenvalue weighted by Gasteiger charge is -2.16. The third kappa shape index (κ3) is 3.31. The molecule has 0 atom stereocenters. The summed E-state index contributed by atoms with van der Waals surface area (Å²) in [7, 11) is -1.37. The van der Waals surface area contributed by atoms with E-state index in [2.05, 4.69) is 11.8 Å². The van der Waals surface area contributed by atoms with Gasteiger partial charge in [0.25, 0.3) is 0 Å². The fraction of sp³-hybridized carbons (Fsp3) is 0.188. The molecule has 5 heteroatoms. The summed E-state index contributed by atoms with van der Waals surface area (Å²) in [4.78, 5) is 0.326. The average molecular weight is 302 g/mol. The molecule has 0 amide bonds. The minimum atomic E-state index is -3.20. The van der Waals surface area contributed by atoms with Gasteiger partial charge >= 0.3 is 0 Å². The van der Waals surface area contributed by atoms with Crippen molar-refractivity contribution in [3.63, 3.8) is 0 Å². The lowest BCUT2D eigenvalue weighted by Crippen LogP contribution is -2.08. The zero-order chi connectivity index (χ0) is 15.6. The van der Waals surface area contributed by atoms with Crippen molar-refractivity contribution in [3.05, 3.63) is 48.0 Å². The van der Waals surface area contributed by atoms with Gasteiger partial charge in [-0.3, -0.25) is 5.01 Å². The van der Waals surface area contributed by atoms with Crippen LogP contribution in [-0.2, 0) is 9.84 Å². The van der Waals surface area contributed by atoms with Crippen LogP contribution in [0.1, 0.15) is 5.56 Å². The van der Waals surface area contributed by atoms with Crippen molar-refractivity contribution < 1.29 is 8.42 Å². The molecule has 0 saturated carbocycles. The number of hydrogen-bond donors (Lipinski definition) is 0. The maximum atomic E-state index is 11.6. The predicted molar refractivity (Wildman–Crippen MR) is 87.7 cm³/mol. The predicted octanol–water partition coefficient (Wildman–Crippen LogP) is 3.12. The van der Waals surface area contributed by atoms with E-state index in [1.165, 1.54) is 6.26 Å². The Hall–Kier alpha value is -2.14. The molecule has 2 aromatic carbocycles. The molecule has 0 aliphatic heterocycles. The van der Waals surface area contributed by atoms with Gasteiger partial charge < -0.3 is 0 Å².